The van der Waals surface area contributed by atoms with Gasteiger partial charge in [-0.15, -0.1) is 32.8 Å². The van der Waals surface area contributed by atoms with E-state index in [2.05, 4.69) is 88.2 Å². The molecule has 0 aromatic carbocycles. The van der Waals surface area contributed by atoms with Crippen LogP contribution >= 0.6 is 35.0 Å². The molecular weight excluding hydrogens is 1360 g/mol. The SMILES string of the molecule is CCOC(=O)CCCCCCN.CCOC(=O)CCCCCCN(c1cnccn1)c1ccc(C(F)(F)F)nn1.CCOC(=O)CCCCCCNc1cnccn1.Cl.Ic1cnccn1.O=C(CCCCCCN(c1cnccn1)c1ccc(C(F)(F)F)nn1)NO.[2HH]. The number of nitrogens with one attached hydrogen (secondary N) is 2. The van der Waals surface area contributed by atoms with Gasteiger partial charge in [0.05, 0.1) is 44.6 Å². The quantitative estimate of drug-likeness (QED) is 0.00546. The Morgan fingerprint density at radius 3 is 1.20 bits per heavy atom. The molecule has 0 fully saturated rings. The Balaban J connectivity index is 0.00000122. The number of nitrogens with two attached hydrogens (primary N) is 1. The summed E-state index contributed by atoms with van der Waals surface area (Å²) in [5.41, 5.74) is 4.79. The van der Waals surface area contributed by atoms with Gasteiger partial charge in [0, 0.05) is 96.3 Å². The van der Waals surface area contributed by atoms with E-state index in [0.717, 1.165) is 125 Å². The van der Waals surface area contributed by atoms with Gasteiger partial charge in [-0.05, 0) is 126 Å². The lowest BCUT2D eigenvalue weighted by Crippen LogP contribution is -2.22. The van der Waals surface area contributed by atoms with Crippen molar-refractivity contribution < 1.29 is 66.4 Å². The summed E-state index contributed by atoms with van der Waals surface area (Å²) in [7, 11) is 0. The zero-order valence-electron chi connectivity index (χ0n) is 52.5. The van der Waals surface area contributed by atoms with Crippen LogP contribution in [0, 0.1) is 3.70 Å². The predicted octanol–water partition coefficient (Wildman–Crippen LogP) is 12.4. The Hall–Kier alpha value is -7.72. The van der Waals surface area contributed by atoms with Gasteiger partial charge in [-0.25, -0.2) is 25.4 Å². The van der Waals surface area contributed by atoms with Crippen molar-refractivity contribution in [3.63, 3.8) is 0 Å². The van der Waals surface area contributed by atoms with Crippen LogP contribution in [0.4, 0.5) is 55.4 Å². The Labute approximate surface area is 559 Å². The van der Waals surface area contributed by atoms with E-state index in [1.807, 2.05) is 13.8 Å². The van der Waals surface area contributed by atoms with Gasteiger partial charge < -0.3 is 35.1 Å². The van der Waals surface area contributed by atoms with Crippen LogP contribution in [0.5, 0.6) is 0 Å². The summed E-state index contributed by atoms with van der Waals surface area (Å²) < 4.78 is 91.5. The number of anilines is 5. The zero-order valence-corrected chi connectivity index (χ0v) is 55.5. The lowest BCUT2D eigenvalue weighted by atomic mass is 10.1. The minimum absolute atomic E-state index is 0. The fourth-order valence-electron chi connectivity index (χ4n) is 7.75. The van der Waals surface area contributed by atoms with Gasteiger partial charge in [-0.1, -0.05) is 51.4 Å². The van der Waals surface area contributed by atoms with Crippen molar-refractivity contribution in [1.29, 1.82) is 0 Å². The molecule has 33 heteroatoms. The molecule has 6 heterocycles. The third-order valence-electron chi connectivity index (χ3n) is 12.2. The molecule has 0 radical (unpaired) electrons. The normalized spacial score (nSPS) is 10.5. The standard InChI is InChI=1S/C18H22F3N5O2.C16H19F3N6O2.C13H21N3O2.C9H19NO2.C4H3IN2.ClH.H2/c1-2-28-17(27)7-5-3-4-6-12-26(16-13-22-10-11-23-16)15-9-8-14(24-25-15)18(19,20)21;17-16(18,19)12-6-7-13(23-22-12)25(14-11-20-8-9-21-14)10-4-2-1-3-5-15(26)24-27;1-2-18-13(17)7-5-3-4-6-8-15-12-11-14-9-10-16-12;1-2-12-9(11)7-5-3-4-6-8-10;5-4-3-6-1-2-7-4;;/h8-11,13H,2-7,12H2,1H3;6-9,11,27H,1-5,10H2,(H,24,26);9-11H,2-8H2,1H3,(H,15,16);2-8,10H2,1H3;1-3H;2*1H/i;;;;;;1+1. The molecule has 0 aliphatic carbocycles. The fourth-order valence-corrected chi connectivity index (χ4v) is 8.08. The molecule has 6 rings (SSSR count). The molecule has 0 aliphatic rings. The number of hydrogen-bond donors (Lipinski definition) is 4. The number of hydroxylamine groups is 1. The summed E-state index contributed by atoms with van der Waals surface area (Å²) in [5, 5.41) is 25.5. The minimum Gasteiger partial charge on any atom is -0.466 e. The maximum absolute atomic E-state index is 12.7. The van der Waals surface area contributed by atoms with Crippen LogP contribution in [-0.4, -0.2) is 135 Å². The van der Waals surface area contributed by atoms with Crippen LogP contribution in [0.1, 0.15) is 162 Å². The van der Waals surface area contributed by atoms with E-state index in [1.165, 1.54) is 49.3 Å². The number of amides is 1. The van der Waals surface area contributed by atoms with Gasteiger partial charge >= 0.3 is 30.3 Å². The topological polar surface area (TPSA) is 327 Å². The van der Waals surface area contributed by atoms with Crippen molar-refractivity contribution in [3.05, 3.63) is 114 Å². The first-order valence-electron chi connectivity index (χ1n) is 30.3. The Kier molecular flexibility index (Phi) is 46.3. The Bertz CT molecular complexity index is 2860. The molecule has 93 heavy (non-hydrogen) atoms. The number of halogens is 8. The summed E-state index contributed by atoms with van der Waals surface area (Å²) in [6, 6.07) is 4.28. The first-order chi connectivity index (χ1) is 44.4. The van der Waals surface area contributed by atoms with Crippen LogP contribution in [0.3, 0.4) is 0 Å². The number of aromatic nitrogens is 12. The lowest BCUT2D eigenvalue weighted by molar-refractivity contribution is -0.144. The van der Waals surface area contributed by atoms with E-state index < -0.39 is 29.6 Å². The maximum atomic E-state index is 12.7. The molecule has 516 valence electrons. The van der Waals surface area contributed by atoms with Crippen molar-refractivity contribution >= 4 is 87.9 Å². The molecule has 0 spiro atoms. The third-order valence-corrected chi connectivity index (χ3v) is 12.8. The average Bonchev–Trinajstić information content (AvgIpc) is 0.874. The van der Waals surface area contributed by atoms with Crippen molar-refractivity contribution in [1.82, 2.24) is 65.7 Å². The highest BCUT2D eigenvalue weighted by Crippen LogP contribution is 2.30. The van der Waals surface area contributed by atoms with E-state index in [1.54, 1.807) is 59.4 Å². The molecule has 6 aromatic heterocycles. The van der Waals surface area contributed by atoms with Crippen LogP contribution in [0.2, 0.25) is 0 Å². The Morgan fingerprint density at radius 1 is 0.495 bits per heavy atom. The summed E-state index contributed by atoms with van der Waals surface area (Å²) >= 11 is 2.11. The summed E-state index contributed by atoms with van der Waals surface area (Å²) in [6.07, 6.45) is 26.0. The van der Waals surface area contributed by atoms with Crippen LogP contribution in [-0.2, 0) is 45.7 Å². The molecule has 6 aromatic rings. The predicted molar refractivity (Wildman–Crippen MR) is 348 cm³/mol. The number of carbonyl (C=O) groups is 4. The van der Waals surface area contributed by atoms with E-state index in [0.29, 0.717) is 76.6 Å². The van der Waals surface area contributed by atoms with Crippen LogP contribution in [0.25, 0.3) is 0 Å². The molecule has 0 atom stereocenters. The molecular formula is C60H87ClF6IN17O8. The monoisotopic (exact) mass is 1450 g/mol. The molecule has 5 N–H and O–H groups in total. The second-order valence-corrected chi connectivity index (χ2v) is 20.5. The largest absolute Gasteiger partial charge is 0.466 e. The lowest BCUT2D eigenvalue weighted by Gasteiger charge is -2.22. The van der Waals surface area contributed by atoms with Crippen LogP contribution < -0.4 is 26.3 Å². The summed E-state index contributed by atoms with van der Waals surface area (Å²) in [5.74, 6) is 1.43. The minimum atomic E-state index is -4.55. The number of esters is 3. The molecule has 0 bridgehead atoms. The van der Waals surface area contributed by atoms with Crippen molar-refractivity contribution in [2.24, 2.45) is 5.73 Å². The number of alkyl halides is 6. The number of ether oxygens (including phenoxy) is 3. The van der Waals surface area contributed by atoms with Gasteiger partial charge in [0.25, 0.3) is 0 Å². The fraction of sp³-hybridized carbons (Fsp3) is 0.533. The second-order valence-electron chi connectivity index (χ2n) is 19.4. The van der Waals surface area contributed by atoms with Gasteiger partial charge in [0.15, 0.2) is 34.7 Å². The number of nitrogens with zero attached hydrogens (tertiary/aromatic N) is 14. The summed E-state index contributed by atoms with van der Waals surface area (Å²) in [4.78, 5) is 79.6. The number of carbonyl (C=O) groups excluding carboxylic acids is 4. The van der Waals surface area contributed by atoms with Gasteiger partial charge in [-0.3, -0.25) is 44.3 Å². The smallest absolute Gasteiger partial charge is 0.435 e. The number of rotatable bonds is 35. The Morgan fingerprint density at radius 2 is 0.882 bits per heavy atom. The van der Waals surface area contributed by atoms with Crippen molar-refractivity contribution in [2.75, 3.05) is 61.1 Å². The molecule has 0 aliphatic heterocycles. The van der Waals surface area contributed by atoms with Crippen molar-refractivity contribution in [3.8, 4) is 0 Å². The third kappa shape index (κ3) is 40.8. The highest BCUT2D eigenvalue weighted by atomic mass is 127. The van der Waals surface area contributed by atoms with E-state index in [4.69, 9.17) is 25.2 Å². The van der Waals surface area contributed by atoms with E-state index in [-0.39, 0.29) is 49.8 Å². The molecule has 0 saturated heterocycles. The van der Waals surface area contributed by atoms with Crippen molar-refractivity contribution in [2.45, 2.75) is 162 Å². The van der Waals surface area contributed by atoms with Gasteiger partial charge in [0.2, 0.25) is 5.91 Å². The highest BCUT2D eigenvalue weighted by molar-refractivity contribution is 14.1. The van der Waals surface area contributed by atoms with E-state index >= 15 is 0 Å². The number of hydrogen-bond acceptors (Lipinski definition) is 24. The molecule has 0 unspecified atom stereocenters. The van der Waals surface area contributed by atoms with E-state index in [9.17, 15) is 45.5 Å². The maximum Gasteiger partial charge on any atom is 0.435 e. The average molecular weight is 1450 g/mol. The molecule has 0 saturated carbocycles. The second kappa shape index (κ2) is 51.7. The molecule has 25 nitrogen and oxygen atoms in total. The summed E-state index contributed by atoms with van der Waals surface area (Å²) in [6.45, 7) is 9.33. The number of unbranched alkanes of at least 4 members (excludes halogenated alkanes) is 12. The highest BCUT2D eigenvalue weighted by Gasteiger charge is 2.34. The molecule has 1 amide bonds. The van der Waals surface area contributed by atoms with Gasteiger partial charge in [-0.2, -0.15) is 26.3 Å². The first kappa shape index (κ1) is 83.3. The first-order valence-corrected chi connectivity index (χ1v) is 31.3. The van der Waals surface area contributed by atoms with Gasteiger partial charge in [0.1, 0.15) is 9.52 Å². The zero-order chi connectivity index (χ0) is 67.5. The van der Waals surface area contributed by atoms with Crippen LogP contribution in [0.15, 0.2) is 98.6 Å².